The molecule has 1 aromatic carbocycles. The molecule has 110 valence electrons. The van der Waals surface area contributed by atoms with E-state index in [0.717, 1.165) is 27.9 Å². The first-order chi connectivity index (χ1) is 9.81. The molecule has 0 saturated heterocycles. The zero-order valence-electron chi connectivity index (χ0n) is 12.6. The van der Waals surface area contributed by atoms with Crippen LogP contribution >= 0.6 is 0 Å². The molecular formula is C15H19N5O. The number of nitrogens with one attached hydrogen (secondary N) is 2. The molecule has 21 heavy (non-hydrogen) atoms. The van der Waals surface area contributed by atoms with Crippen LogP contribution in [0.1, 0.15) is 23.6 Å². The van der Waals surface area contributed by atoms with Gasteiger partial charge in [-0.3, -0.25) is 14.9 Å². The van der Waals surface area contributed by atoms with Gasteiger partial charge in [0.05, 0.1) is 6.20 Å². The first-order valence-electron chi connectivity index (χ1n) is 6.56. The third-order valence-corrected chi connectivity index (χ3v) is 3.36. The lowest BCUT2D eigenvalue weighted by molar-refractivity contribution is -0.114. The molecule has 0 aliphatic carbocycles. The molecule has 0 aliphatic rings. The van der Waals surface area contributed by atoms with Crippen LogP contribution in [0.5, 0.6) is 0 Å². The van der Waals surface area contributed by atoms with E-state index in [-0.39, 0.29) is 11.7 Å². The Morgan fingerprint density at radius 3 is 2.57 bits per heavy atom. The van der Waals surface area contributed by atoms with Gasteiger partial charge in [0.2, 0.25) is 5.91 Å². The average Bonchev–Trinajstić information content (AvgIpc) is 2.79. The summed E-state index contributed by atoms with van der Waals surface area (Å²) in [6.07, 6.45) is 3.59. The first-order valence-corrected chi connectivity index (χ1v) is 6.56. The Morgan fingerprint density at radius 1 is 1.43 bits per heavy atom. The summed E-state index contributed by atoms with van der Waals surface area (Å²) in [6.45, 7) is 5.27. The second-order valence-electron chi connectivity index (χ2n) is 5.11. The molecular weight excluding hydrogens is 266 g/mol. The molecule has 0 fully saturated rings. The number of carbonyl (C=O) groups is 1. The van der Waals surface area contributed by atoms with Crippen molar-refractivity contribution in [1.82, 2.24) is 9.78 Å². The molecule has 2 aromatic rings. The fraction of sp³-hybridized carbons (Fsp3) is 0.267. The Balaban J connectivity index is 2.75. The van der Waals surface area contributed by atoms with Crippen LogP contribution in [0.2, 0.25) is 0 Å². The van der Waals surface area contributed by atoms with Gasteiger partial charge in [-0.15, -0.1) is 0 Å². The monoisotopic (exact) mass is 285 g/mol. The molecule has 0 spiro atoms. The molecule has 0 aliphatic heterocycles. The zero-order chi connectivity index (χ0) is 15.7. The lowest BCUT2D eigenvalue weighted by Gasteiger charge is -2.18. The minimum Gasteiger partial charge on any atom is -0.384 e. The van der Waals surface area contributed by atoms with Crippen molar-refractivity contribution in [3.63, 3.8) is 0 Å². The molecule has 0 bridgehead atoms. The number of nitrogens with zero attached hydrogens (tertiary/aromatic N) is 2. The number of amides is 1. The largest absolute Gasteiger partial charge is 0.384 e. The number of hydrogen-bond donors (Lipinski definition) is 3. The maximum atomic E-state index is 11.4. The first kappa shape index (κ1) is 14.8. The Kier molecular flexibility index (Phi) is 3.80. The average molecular weight is 285 g/mol. The zero-order valence-corrected chi connectivity index (χ0v) is 12.6. The van der Waals surface area contributed by atoms with Crippen LogP contribution in [0.15, 0.2) is 18.5 Å². The van der Waals surface area contributed by atoms with Crippen molar-refractivity contribution in [2.45, 2.75) is 20.8 Å². The van der Waals surface area contributed by atoms with Gasteiger partial charge < -0.3 is 11.1 Å². The number of anilines is 1. The van der Waals surface area contributed by atoms with Gasteiger partial charge in [-0.1, -0.05) is 0 Å². The van der Waals surface area contributed by atoms with Crippen LogP contribution in [-0.4, -0.2) is 21.5 Å². The van der Waals surface area contributed by atoms with E-state index in [2.05, 4.69) is 10.4 Å². The van der Waals surface area contributed by atoms with Gasteiger partial charge in [0, 0.05) is 42.5 Å². The van der Waals surface area contributed by atoms with Crippen molar-refractivity contribution in [3.05, 3.63) is 35.2 Å². The highest BCUT2D eigenvalue weighted by molar-refractivity contribution is 6.04. The molecule has 1 amide bonds. The van der Waals surface area contributed by atoms with E-state index in [1.165, 1.54) is 6.92 Å². The number of hydrogen-bond acceptors (Lipinski definition) is 3. The van der Waals surface area contributed by atoms with Gasteiger partial charge in [-0.25, -0.2) is 0 Å². The molecule has 0 saturated carbocycles. The predicted octanol–water partition coefficient (Wildman–Crippen LogP) is 1.95. The third-order valence-electron chi connectivity index (χ3n) is 3.36. The molecule has 0 atom stereocenters. The lowest BCUT2D eigenvalue weighted by atomic mass is 9.92. The third kappa shape index (κ3) is 2.79. The van der Waals surface area contributed by atoms with Crippen LogP contribution < -0.4 is 11.1 Å². The van der Waals surface area contributed by atoms with Crippen molar-refractivity contribution in [2.24, 2.45) is 12.8 Å². The number of nitrogens with two attached hydrogens (primary N) is 1. The number of rotatable bonds is 3. The summed E-state index contributed by atoms with van der Waals surface area (Å²) in [6, 6.07) is 1.82. The van der Waals surface area contributed by atoms with Gasteiger partial charge in [0.15, 0.2) is 0 Å². The van der Waals surface area contributed by atoms with Crippen molar-refractivity contribution in [2.75, 3.05) is 5.32 Å². The van der Waals surface area contributed by atoms with Crippen LogP contribution in [-0.2, 0) is 11.8 Å². The Hall–Kier alpha value is -2.63. The van der Waals surface area contributed by atoms with Crippen molar-refractivity contribution in [1.29, 1.82) is 5.41 Å². The standard InChI is InChI=1S/C15H19N5O/c1-8-5-12(15(16)17)13(11-6-18-20(4)7-11)9(2)14(8)19-10(3)21/h5-7H,1-4H3,(H3,16,17)(H,19,21). The summed E-state index contributed by atoms with van der Waals surface area (Å²) < 4.78 is 1.69. The minimum absolute atomic E-state index is 0.00516. The molecule has 4 N–H and O–H groups in total. The summed E-state index contributed by atoms with van der Waals surface area (Å²) in [7, 11) is 1.83. The van der Waals surface area contributed by atoms with Gasteiger partial charge in [-0.2, -0.15) is 5.10 Å². The molecule has 1 aromatic heterocycles. The van der Waals surface area contributed by atoms with Crippen LogP contribution in [0, 0.1) is 19.3 Å². The fourth-order valence-corrected chi connectivity index (χ4v) is 2.49. The highest BCUT2D eigenvalue weighted by Gasteiger charge is 2.18. The molecule has 6 nitrogen and oxygen atoms in total. The maximum Gasteiger partial charge on any atom is 0.221 e. The maximum absolute atomic E-state index is 11.4. The summed E-state index contributed by atoms with van der Waals surface area (Å²) in [5.41, 5.74) is 10.6. The Morgan fingerprint density at radius 2 is 2.10 bits per heavy atom. The lowest BCUT2D eigenvalue weighted by Crippen LogP contribution is -2.16. The summed E-state index contributed by atoms with van der Waals surface area (Å²) >= 11 is 0. The number of benzene rings is 1. The van der Waals surface area contributed by atoms with E-state index < -0.39 is 0 Å². The van der Waals surface area contributed by atoms with Gasteiger partial charge >= 0.3 is 0 Å². The van der Waals surface area contributed by atoms with E-state index >= 15 is 0 Å². The highest BCUT2D eigenvalue weighted by Crippen LogP contribution is 2.34. The summed E-state index contributed by atoms with van der Waals surface area (Å²) in [5.74, 6) is -0.136. The van der Waals surface area contributed by atoms with E-state index in [9.17, 15) is 4.79 Å². The van der Waals surface area contributed by atoms with Crippen molar-refractivity contribution < 1.29 is 4.79 Å². The van der Waals surface area contributed by atoms with Crippen LogP contribution in [0.3, 0.4) is 0 Å². The number of amidine groups is 1. The number of nitrogen functional groups attached to an aromatic ring is 1. The minimum atomic E-state index is -0.131. The molecule has 2 rings (SSSR count). The summed E-state index contributed by atoms with van der Waals surface area (Å²) in [5, 5.41) is 14.8. The van der Waals surface area contributed by atoms with Gasteiger partial charge in [0.1, 0.15) is 5.84 Å². The van der Waals surface area contributed by atoms with Gasteiger partial charge in [-0.05, 0) is 31.0 Å². The second-order valence-corrected chi connectivity index (χ2v) is 5.11. The topological polar surface area (TPSA) is 96.8 Å². The van der Waals surface area contributed by atoms with E-state index in [0.29, 0.717) is 5.56 Å². The Labute approximate surface area is 123 Å². The number of carbonyl (C=O) groups excluding carboxylic acids is 1. The quantitative estimate of drug-likeness (QED) is 0.594. The predicted molar refractivity (Wildman–Crippen MR) is 83.4 cm³/mol. The summed E-state index contributed by atoms with van der Waals surface area (Å²) in [4.78, 5) is 11.4. The Bertz CT molecular complexity index is 730. The number of aryl methyl sites for hydroxylation is 2. The van der Waals surface area contributed by atoms with E-state index in [4.69, 9.17) is 11.1 Å². The number of aromatic nitrogens is 2. The van der Waals surface area contributed by atoms with Crippen LogP contribution in [0.4, 0.5) is 5.69 Å². The van der Waals surface area contributed by atoms with Crippen molar-refractivity contribution >= 4 is 17.4 Å². The van der Waals surface area contributed by atoms with Crippen LogP contribution in [0.25, 0.3) is 11.1 Å². The van der Waals surface area contributed by atoms with Gasteiger partial charge in [0.25, 0.3) is 0 Å². The second kappa shape index (κ2) is 5.40. The highest BCUT2D eigenvalue weighted by atomic mass is 16.1. The fourth-order valence-electron chi connectivity index (χ4n) is 2.49. The molecule has 0 unspecified atom stereocenters. The van der Waals surface area contributed by atoms with E-state index in [1.807, 2.05) is 33.2 Å². The molecule has 1 heterocycles. The molecule has 6 heteroatoms. The smallest absolute Gasteiger partial charge is 0.221 e. The van der Waals surface area contributed by atoms with Crippen molar-refractivity contribution in [3.8, 4) is 11.1 Å². The molecule has 0 radical (unpaired) electrons. The van der Waals surface area contributed by atoms with E-state index in [1.54, 1.807) is 10.9 Å². The normalized spacial score (nSPS) is 10.5. The SMILES string of the molecule is CC(=O)Nc1c(C)cc(C(=N)N)c(-c2cnn(C)c2)c1C.